The van der Waals surface area contributed by atoms with Gasteiger partial charge in [-0.25, -0.2) is 9.36 Å². The number of aliphatic imine (C=N–C) groups is 1. The number of hydrogen-bond acceptors (Lipinski definition) is 5. The lowest BCUT2D eigenvalue weighted by molar-refractivity contribution is 0.118. The monoisotopic (exact) mass is 343 g/mol. The molecule has 2 aromatic rings. The van der Waals surface area contributed by atoms with Crippen LogP contribution in [-0.4, -0.2) is 39.6 Å². The van der Waals surface area contributed by atoms with Gasteiger partial charge in [-0.15, -0.1) is 0 Å². The Morgan fingerprint density at radius 2 is 2.16 bits per heavy atom. The molecule has 1 aromatic heterocycles. The molecule has 1 aromatic carbocycles. The summed E-state index contributed by atoms with van der Waals surface area (Å²) in [7, 11) is 0. The predicted molar refractivity (Wildman–Crippen MR) is 95.1 cm³/mol. The van der Waals surface area contributed by atoms with E-state index in [-0.39, 0.29) is 11.7 Å². The molecule has 0 unspecified atom stereocenters. The fraction of sp³-hybridized carbons (Fsp3) is 0.389. The van der Waals surface area contributed by atoms with Crippen molar-refractivity contribution >= 4 is 5.71 Å². The van der Waals surface area contributed by atoms with Crippen molar-refractivity contribution in [2.45, 2.75) is 32.8 Å². The summed E-state index contributed by atoms with van der Waals surface area (Å²) >= 11 is 0. The second kappa shape index (κ2) is 7.06. The Morgan fingerprint density at radius 3 is 2.84 bits per heavy atom. The fourth-order valence-corrected chi connectivity index (χ4v) is 3.00. The molecule has 0 bridgehead atoms. The fourth-order valence-electron chi connectivity index (χ4n) is 3.00. The third-order valence-corrected chi connectivity index (χ3v) is 4.36. The van der Waals surface area contributed by atoms with Gasteiger partial charge in [0.15, 0.2) is 0 Å². The van der Waals surface area contributed by atoms with E-state index in [0.29, 0.717) is 17.9 Å². The second-order valence-electron chi connectivity index (χ2n) is 6.14. The summed E-state index contributed by atoms with van der Waals surface area (Å²) in [5, 5.41) is 10.6. The third-order valence-electron chi connectivity index (χ3n) is 4.36. The van der Waals surface area contributed by atoms with E-state index < -0.39 is 17.1 Å². The quantitative estimate of drug-likeness (QED) is 0.823. The van der Waals surface area contributed by atoms with Crippen LogP contribution in [-0.2, 0) is 4.74 Å². The van der Waals surface area contributed by atoms with Crippen molar-refractivity contribution < 1.29 is 9.84 Å². The molecule has 3 rings (SSSR count). The molecule has 0 saturated carbocycles. The van der Waals surface area contributed by atoms with Crippen molar-refractivity contribution in [1.29, 1.82) is 0 Å². The Hall–Kier alpha value is -2.67. The molecule has 1 saturated heterocycles. The van der Waals surface area contributed by atoms with Crippen LogP contribution >= 0.6 is 0 Å². The first kappa shape index (κ1) is 17.2. The Balaban J connectivity index is 2.07. The van der Waals surface area contributed by atoms with Gasteiger partial charge in [0.05, 0.1) is 24.0 Å². The van der Waals surface area contributed by atoms with Gasteiger partial charge in [-0.05, 0) is 38.3 Å². The number of ether oxygens (including phenoxy) is 1. The summed E-state index contributed by atoms with van der Waals surface area (Å²) in [6.07, 6.45) is 1.98. The van der Waals surface area contributed by atoms with E-state index in [0.717, 1.165) is 29.6 Å². The molecule has 2 heterocycles. The minimum atomic E-state index is -0.688. The van der Waals surface area contributed by atoms with Crippen LogP contribution in [0.3, 0.4) is 0 Å². The third kappa shape index (κ3) is 3.41. The maximum atomic E-state index is 12.2. The maximum absolute atomic E-state index is 12.2. The van der Waals surface area contributed by atoms with Crippen molar-refractivity contribution in [3.05, 3.63) is 56.2 Å². The first-order valence-corrected chi connectivity index (χ1v) is 8.26. The van der Waals surface area contributed by atoms with Crippen LogP contribution in [0.15, 0.2) is 38.8 Å². The SMILES string of the molecule is CC(=NC[C@@H]1CCCO1)c1c(O)n(-c2ccccc2C)c(=O)[nH]c1=O. The summed E-state index contributed by atoms with van der Waals surface area (Å²) in [4.78, 5) is 31.1. The van der Waals surface area contributed by atoms with Gasteiger partial charge >= 0.3 is 5.69 Å². The highest BCUT2D eigenvalue weighted by molar-refractivity contribution is 6.00. The number of rotatable bonds is 4. The topological polar surface area (TPSA) is 96.7 Å². The van der Waals surface area contributed by atoms with Gasteiger partial charge in [0.1, 0.15) is 5.56 Å². The predicted octanol–water partition coefficient (Wildman–Crippen LogP) is 1.53. The van der Waals surface area contributed by atoms with E-state index in [9.17, 15) is 14.7 Å². The molecule has 0 radical (unpaired) electrons. The van der Waals surface area contributed by atoms with Crippen molar-refractivity contribution in [2.24, 2.45) is 4.99 Å². The van der Waals surface area contributed by atoms with Crippen LogP contribution < -0.4 is 11.2 Å². The van der Waals surface area contributed by atoms with Gasteiger partial charge in [0.2, 0.25) is 5.88 Å². The number of aromatic nitrogens is 2. The van der Waals surface area contributed by atoms with Crippen LogP contribution in [0.1, 0.15) is 30.9 Å². The van der Waals surface area contributed by atoms with Crippen molar-refractivity contribution in [2.75, 3.05) is 13.2 Å². The molecule has 1 fully saturated rings. The number of H-pyrrole nitrogens is 1. The first-order chi connectivity index (χ1) is 12.0. The van der Waals surface area contributed by atoms with E-state index in [1.165, 1.54) is 0 Å². The zero-order valence-corrected chi connectivity index (χ0v) is 14.3. The lowest BCUT2D eigenvalue weighted by atomic mass is 10.1. The lowest BCUT2D eigenvalue weighted by Gasteiger charge is -2.13. The van der Waals surface area contributed by atoms with Crippen LogP contribution in [0.2, 0.25) is 0 Å². The van der Waals surface area contributed by atoms with Crippen molar-refractivity contribution in [1.82, 2.24) is 9.55 Å². The van der Waals surface area contributed by atoms with Gasteiger partial charge in [-0.3, -0.25) is 14.8 Å². The number of aryl methyl sites for hydroxylation is 1. The Bertz CT molecular complexity index is 921. The molecule has 0 amide bonds. The molecular formula is C18H21N3O4. The zero-order valence-electron chi connectivity index (χ0n) is 14.3. The molecule has 25 heavy (non-hydrogen) atoms. The number of nitrogens with zero attached hydrogens (tertiary/aromatic N) is 2. The van der Waals surface area contributed by atoms with Crippen LogP contribution in [0.25, 0.3) is 5.69 Å². The van der Waals surface area contributed by atoms with Gasteiger partial charge in [-0.2, -0.15) is 0 Å². The van der Waals surface area contributed by atoms with Crippen LogP contribution in [0, 0.1) is 6.92 Å². The van der Waals surface area contributed by atoms with Crippen molar-refractivity contribution in [3.63, 3.8) is 0 Å². The van der Waals surface area contributed by atoms with Crippen LogP contribution in [0.4, 0.5) is 0 Å². The summed E-state index contributed by atoms with van der Waals surface area (Å²) < 4.78 is 6.61. The molecule has 2 N–H and O–H groups in total. The summed E-state index contributed by atoms with van der Waals surface area (Å²) in [5.74, 6) is -0.406. The Morgan fingerprint density at radius 1 is 1.40 bits per heavy atom. The Labute approximate surface area is 144 Å². The van der Waals surface area contributed by atoms with E-state index in [2.05, 4.69) is 9.98 Å². The van der Waals surface area contributed by atoms with Gasteiger partial charge in [0, 0.05) is 6.61 Å². The van der Waals surface area contributed by atoms with Crippen LogP contribution in [0.5, 0.6) is 5.88 Å². The van der Waals surface area contributed by atoms with Crippen molar-refractivity contribution in [3.8, 4) is 11.6 Å². The van der Waals surface area contributed by atoms with E-state index in [1.54, 1.807) is 19.1 Å². The maximum Gasteiger partial charge on any atom is 0.335 e. The largest absolute Gasteiger partial charge is 0.493 e. The van der Waals surface area contributed by atoms with E-state index in [1.807, 2.05) is 19.1 Å². The smallest absolute Gasteiger partial charge is 0.335 e. The highest BCUT2D eigenvalue weighted by Crippen LogP contribution is 2.20. The molecule has 7 nitrogen and oxygen atoms in total. The molecule has 7 heteroatoms. The standard InChI is InChI=1S/C18H21N3O4/c1-11-6-3-4-8-14(11)21-17(23)15(16(22)20-18(21)24)12(2)19-10-13-7-5-9-25-13/h3-4,6,8,13,23H,5,7,9-10H2,1-2H3,(H,20,22,24)/t13-/m0/s1. The molecule has 1 atom stereocenters. The Kier molecular flexibility index (Phi) is 4.85. The number of nitrogens with one attached hydrogen (secondary N) is 1. The minimum absolute atomic E-state index is 0.000787. The number of para-hydroxylation sites is 1. The lowest BCUT2D eigenvalue weighted by Crippen LogP contribution is -2.33. The number of aromatic hydroxyl groups is 1. The highest BCUT2D eigenvalue weighted by atomic mass is 16.5. The summed E-state index contributed by atoms with van der Waals surface area (Å²) in [5.41, 5.74) is 0.340. The molecule has 0 aliphatic carbocycles. The normalized spacial score (nSPS) is 17.8. The highest BCUT2D eigenvalue weighted by Gasteiger charge is 2.20. The summed E-state index contributed by atoms with van der Waals surface area (Å²) in [6, 6.07) is 7.13. The molecular weight excluding hydrogens is 322 g/mol. The van der Waals surface area contributed by atoms with Gasteiger partial charge < -0.3 is 9.84 Å². The zero-order chi connectivity index (χ0) is 18.0. The average molecular weight is 343 g/mol. The first-order valence-electron chi connectivity index (χ1n) is 8.26. The number of aromatic amines is 1. The number of hydrogen-bond donors (Lipinski definition) is 2. The minimum Gasteiger partial charge on any atom is -0.493 e. The summed E-state index contributed by atoms with van der Waals surface area (Å²) in [6.45, 7) is 4.62. The van der Waals surface area contributed by atoms with E-state index in [4.69, 9.17) is 4.74 Å². The molecule has 132 valence electrons. The molecule has 1 aliphatic rings. The van der Waals surface area contributed by atoms with Gasteiger partial charge in [-0.1, -0.05) is 18.2 Å². The van der Waals surface area contributed by atoms with Gasteiger partial charge in [0.25, 0.3) is 5.56 Å². The average Bonchev–Trinajstić information content (AvgIpc) is 3.07. The number of benzene rings is 1. The molecule has 1 aliphatic heterocycles. The second-order valence-corrected chi connectivity index (χ2v) is 6.14. The van der Waals surface area contributed by atoms with E-state index >= 15 is 0 Å². The molecule has 0 spiro atoms.